The SMILES string of the molecule is CC1(C)CC2CCC(C)(C)N2C1=O. The number of fused-ring (bicyclic) bond motifs is 1. The molecule has 0 N–H and O–H groups in total. The van der Waals surface area contributed by atoms with Crippen molar-refractivity contribution in [3.05, 3.63) is 0 Å². The Hall–Kier alpha value is -0.530. The first kappa shape index (κ1) is 9.04. The van der Waals surface area contributed by atoms with Crippen molar-refractivity contribution < 1.29 is 4.79 Å². The molecule has 0 bridgehead atoms. The molecule has 1 atom stereocenters. The Balaban J connectivity index is 2.32. The summed E-state index contributed by atoms with van der Waals surface area (Å²) in [5.41, 5.74) is -0.00211. The molecule has 13 heavy (non-hydrogen) atoms. The van der Waals surface area contributed by atoms with E-state index < -0.39 is 0 Å². The summed E-state index contributed by atoms with van der Waals surface area (Å²) >= 11 is 0. The Morgan fingerprint density at radius 2 is 1.92 bits per heavy atom. The van der Waals surface area contributed by atoms with Gasteiger partial charge in [0.15, 0.2) is 0 Å². The summed E-state index contributed by atoms with van der Waals surface area (Å²) < 4.78 is 0. The third kappa shape index (κ3) is 1.11. The van der Waals surface area contributed by atoms with Crippen LogP contribution in [0.1, 0.15) is 47.0 Å². The van der Waals surface area contributed by atoms with Gasteiger partial charge < -0.3 is 4.90 Å². The van der Waals surface area contributed by atoms with E-state index in [2.05, 4.69) is 32.6 Å². The van der Waals surface area contributed by atoms with Gasteiger partial charge in [-0.15, -0.1) is 0 Å². The number of nitrogens with zero attached hydrogens (tertiary/aromatic N) is 1. The van der Waals surface area contributed by atoms with Crippen LogP contribution in [-0.4, -0.2) is 22.4 Å². The summed E-state index contributed by atoms with van der Waals surface area (Å²) in [5.74, 6) is 0.361. The summed E-state index contributed by atoms with van der Waals surface area (Å²) in [6, 6.07) is 0.525. The van der Waals surface area contributed by atoms with E-state index in [1.807, 2.05) is 0 Å². The maximum atomic E-state index is 12.1. The summed E-state index contributed by atoms with van der Waals surface area (Å²) in [4.78, 5) is 14.2. The van der Waals surface area contributed by atoms with E-state index in [1.165, 1.54) is 12.8 Å². The maximum Gasteiger partial charge on any atom is 0.228 e. The number of amides is 1. The lowest BCUT2D eigenvalue weighted by atomic mass is 9.87. The molecule has 2 heterocycles. The lowest BCUT2D eigenvalue weighted by Gasteiger charge is -2.32. The van der Waals surface area contributed by atoms with Gasteiger partial charge in [-0.05, 0) is 33.1 Å². The second kappa shape index (κ2) is 2.28. The predicted molar refractivity (Wildman–Crippen MR) is 52.3 cm³/mol. The molecule has 0 spiro atoms. The van der Waals surface area contributed by atoms with Crippen LogP contribution < -0.4 is 0 Å². The van der Waals surface area contributed by atoms with Crippen molar-refractivity contribution in [3.63, 3.8) is 0 Å². The van der Waals surface area contributed by atoms with Gasteiger partial charge in [-0.25, -0.2) is 0 Å². The summed E-state index contributed by atoms with van der Waals surface area (Å²) in [5, 5.41) is 0. The van der Waals surface area contributed by atoms with E-state index in [0.717, 1.165) is 6.42 Å². The highest BCUT2D eigenvalue weighted by Gasteiger charge is 2.53. The van der Waals surface area contributed by atoms with E-state index in [4.69, 9.17) is 0 Å². The second-order valence-electron chi connectivity index (χ2n) is 5.77. The first-order valence-corrected chi connectivity index (χ1v) is 5.18. The van der Waals surface area contributed by atoms with Gasteiger partial charge in [0.1, 0.15) is 0 Å². The van der Waals surface area contributed by atoms with Gasteiger partial charge in [-0.3, -0.25) is 4.79 Å². The quantitative estimate of drug-likeness (QED) is 0.561. The topological polar surface area (TPSA) is 20.3 Å². The molecule has 2 fully saturated rings. The largest absolute Gasteiger partial charge is 0.334 e. The summed E-state index contributed by atoms with van der Waals surface area (Å²) in [6.07, 6.45) is 3.41. The second-order valence-corrected chi connectivity index (χ2v) is 5.77. The van der Waals surface area contributed by atoms with E-state index in [0.29, 0.717) is 11.9 Å². The van der Waals surface area contributed by atoms with Gasteiger partial charge in [0, 0.05) is 17.0 Å². The van der Waals surface area contributed by atoms with Gasteiger partial charge in [0.2, 0.25) is 5.91 Å². The lowest BCUT2D eigenvalue weighted by Crippen LogP contribution is -2.44. The number of carbonyl (C=O) groups excluding carboxylic acids is 1. The molecule has 0 aromatic rings. The van der Waals surface area contributed by atoms with Crippen molar-refractivity contribution in [1.29, 1.82) is 0 Å². The molecule has 0 saturated carbocycles. The Bertz CT molecular complexity index is 255. The molecule has 2 aliphatic rings. The third-order valence-electron chi connectivity index (χ3n) is 3.65. The molecule has 2 rings (SSSR count). The molecular formula is C11H19NO. The fourth-order valence-corrected chi connectivity index (χ4v) is 2.90. The first-order valence-electron chi connectivity index (χ1n) is 5.18. The fourth-order valence-electron chi connectivity index (χ4n) is 2.90. The van der Waals surface area contributed by atoms with Gasteiger partial charge in [-0.1, -0.05) is 13.8 Å². The zero-order valence-electron chi connectivity index (χ0n) is 9.05. The van der Waals surface area contributed by atoms with Crippen LogP contribution in [0, 0.1) is 5.41 Å². The lowest BCUT2D eigenvalue weighted by molar-refractivity contribution is -0.138. The van der Waals surface area contributed by atoms with E-state index in [9.17, 15) is 4.79 Å². The average molecular weight is 181 g/mol. The van der Waals surface area contributed by atoms with Crippen molar-refractivity contribution in [1.82, 2.24) is 4.90 Å². The Kier molecular flexibility index (Phi) is 1.59. The Labute approximate surface area is 80.3 Å². The molecule has 2 nitrogen and oxygen atoms in total. The molecule has 0 radical (unpaired) electrons. The van der Waals surface area contributed by atoms with Gasteiger partial charge in [0.05, 0.1) is 0 Å². The Morgan fingerprint density at radius 1 is 1.31 bits per heavy atom. The standard InChI is InChI=1S/C11H19NO/c1-10(2)7-8-5-6-11(3,4)12(8)9(10)13/h8H,5-7H2,1-4H3. The maximum absolute atomic E-state index is 12.1. The van der Waals surface area contributed by atoms with E-state index in [1.54, 1.807) is 0 Å². The third-order valence-corrected chi connectivity index (χ3v) is 3.65. The summed E-state index contributed by atoms with van der Waals surface area (Å²) in [6.45, 7) is 8.52. The van der Waals surface area contributed by atoms with Crippen LogP contribution in [0.2, 0.25) is 0 Å². The highest BCUT2D eigenvalue weighted by atomic mass is 16.2. The number of hydrogen-bond donors (Lipinski definition) is 0. The Morgan fingerprint density at radius 3 is 2.46 bits per heavy atom. The number of carbonyl (C=O) groups is 1. The average Bonchev–Trinajstić information content (AvgIpc) is 2.35. The number of rotatable bonds is 0. The molecule has 74 valence electrons. The predicted octanol–water partition coefficient (Wildman–Crippen LogP) is 2.19. The van der Waals surface area contributed by atoms with Crippen molar-refractivity contribution in [2.45, 2.75) is 58.5 Å². The molecule has 2 saturated heterocycles. The highest BCUT2D eigenvalue weighted by molar-refractivity contribution is 5.85. The minimum atomic E-state index is -0.109. The molecule has 0 aromatic heterocycles. The van der Waals surface area contributed by atoms with Crippen LogP contribution in [0.5, 0.6) is 0 Å². The molecule has 0 aromatic carbocycles. The minimum absolute atomic E-state index is 0.107. The minimum Gasteiger partial charge on any atom is -0.334 e. The van der Waals surface area contributed by atoms with Crippen LogP contribution in [0.25, 0.3) is 0 Å². The fraction of sp³-hybridized carbons (Fsp3) is 0.909. The zero-order chi connectivity index (χ0) is 9.85. The molecule has 1 unspecified atom stereocenters. The molecular weight excluding hydrogens is 162 g/mol. The molecule has 2 heteroatoms. The van der Waals surface area contributed by atoms with Crippen LogP contribution in [-0.2, 0) is 4.79 Å². The summed E-state index contributed by atoms with van der Waals surface area (Å²) in [7, 11) is 0. The van der Waals surface area contributed by atoms with Crippen LogP contribution in [0.3, 0.4) is 0 Å². The van der Waals surface area contributed by atoms with E-state index in [-0.39, 0.29) is 11.0 Å². The highest BCUT2D eigenvalue weighted by Crippen LogP contribution is 2.47. The van der Waals surface area contributed by atoms with Crippen LogP contribution in [0.15, 0.2) is 0 Å². The molecule has 1 amide bonds. The first-order chi connectivity index (χ1) is 5.84. The van der Waals surface area contributed by atoms with E-state index >= 15 is 0 Å². The van der Waals surface area contributed by atoms with Gasteiger partial charge in [0.25, 0.3) is 0 Å². The zero-order valence-corrected chi connectivity index (χ0v) is 9.05. The van der Waals surface area contributed by atoms with Crippen LogP contribution in [0.4, 0.5) is 0 Å². The van der Waals surface area contributed by atoms with Gasteiger partial charge >= 0.3 is 0 Å². The van der Waals surface area contributed by atoms with Crippen molar-refractivity contribution in [3.8, 4) is 0 Å². The molecule has 2 aliphatic heterocycles. The van der Waals surface area contributed by atoms with Crippen molar-refractivity contribution in [2.24, 2.45) is 5.41 Å². The van der Waals surface area contributed by atoms with Crippen LogP contribution >= 0.6 is 0 Å². The normalized spacial score (nSPS) is 35.2. The van der Waals surface area contributed by atoms with Crippen molar-refractivity contribution in [2.75, 3.05) is 0 Å². The number of hydrogen-bond acceptors (Lipinski definition) is 1. The monoisotopic (exact) mass is 181 g/mol. The van der Waals surface area contributed by atoms with Crippen molar-refractivity contribution >= 4 is 5.91 Å². The smallest absolute Gasteiger partial charge is 0.228 e. The van der Waals surface area contributed by atoms with Gasteiger partial charge in [-0.2, -0.15) is 0 Å². The molecule has 0 aliphatic carbocycles.